The first-order valence-electron chi connectivity index (χ1n) is 9.64. The number of furan rings is 1. The Labute approximate surface area is 183 Å². The van der Waals surface area contributed by atoms with Gasteiger partial charge in [-0.25, -0.2) is 4.98 Å². The van der Waals surface area contributed by atoms with Crippen molar-refractivity contribution in [3.05, 3.63) is 57.8 Å². The van der Waals surface area contributed by atoms with E-state index in [4.69, 9.17) is 4.42 Å². The Bertz CT molecular complexity index is 1120. The summed E-state index contributed by atoms with van der Waals surface area (Å²) in [5.41, 5.74) is 3.68. The highest BCUT2D eigenvalue weighted by atomic mass is 32.2. The lowest BCUT2D eigenvalue weighted by atomic mass is 10.1. The minimum atomic E-state index is -0.514. The number of carbonyl (C=O) groups is 2. The molecule has 0 aliphatic carbocycles. The van der Waals surface area contributed by atoms with Crippen molar-refractivity contribution in [2.24, 2.45) is 0 Å². The van der Waals surface area contributed by atoms with Gasteiger partial charge in [-0.1, -0.05) is 6.07 Å². The fourth-order valence-corrected chi connectivity index (χ4v) is 5.42. The van der Waals surface area contributed by atoms with Gasteiger partial charge >= 0.3 is 0 Å². The molecule has 2 amide bonds. The van der Waals surface area contributed by atoms with Crippen LogP contribution in [0.1, 0.15) is 32.3 Å². The molecule has 8 heteroatoms. The third-order valence-electron chi connectivity index (χ3n) is 5.16. The summed E-state index contributed by atoms with van der Waals surface area (Å²) in [5, 5.41) is 3.64. The summed E-state index contributed by atoms with van der Waals surface area (Å²) in [6, 6.07) is 9.03. The molecule has 1 aromatic carbocycles. The first-order valence-corrected chi connectivity index (χ1v) is 11.6. The monoisotopic (exact) mass is 441 g/mol. The Kier molecular flexibility index (Phi) is 5.71. The standard InChI is InChI=1S/C22H23N3O3S2/c1-12-5-7-16(9-13(12)2)24-20(26)17-10-29-11-25(17)22(27)19-15(4)23-21(30-19)18-8-6-14(3)28-18/h5-9,17H,10-11H2,1-4H3,(H,24,26). The minimum absolute atomic E-state index is 0.162. The van der Waals surface area contributed by atoms with Crippen LogP contribution in [0.25, 0.3) is 10.8 Å². The Balaban J connectivity index is 1.53. The molecule has 1 saturated heterocycles. The second kappa shape index (κ2) is 8.28. The molecule has 156 valence electrons. The molecule has 2 aromatic heterocycles. The third-order valence-corrected chi connectivity index (χ3v) is 7.33. The van der Waals surface area contributed by atoms with Crippen LogP contribution in [0.3, 0.4) is 0 Å². The molecule has 0 saturated carbocycles. The third kappa shape index (κ3) is 4.02. The van der Waals surface area contributed by atoms with E-state index < -0.39 is 6.04 Å². The fraction of sp³-hybridized carbons (Fsp3) is 0.318. The van der Waals surface area contributed by atoms with Crippen molar-refractivity contribution in [2.75, 3.05) is 16.9 Å². The van der Waals surface area contributed by atoms with E-state index in [-0.39, 0.29) is 11.8 Å². The molecule has 1 unspecified atom stereocenters. The summed E-state index contributed by atoms with van der Waals surface area (Å²) in [6.07, 6.45) is 0. The maximum absolute atomic E-state index is 13.3. The van der Waals surface area contributed by atoms with Gasteiger partial charge in [0.1, 0.15) is 16.7 Å². The zero-order chi connectivity index (χ0) is 21.4. The van der Waals surface area contributed by atoms with Gasteiger partial charge in [0.15, 0.2) is 10.8 Å². The molecule has 1 aliphatic heterocycles. The molecule has 0 spiro atoms. The van der Waals surface area contributed by atoms with Gasteiger partial charge in [-0.15, -0.1) is 23.1 Å². The van der Waals surface area contributed by atoms with Crippen molar-refractivity contribution in [3.8, 4) is 10.8 Å². The predicted octanol–water partition coefficient (Wildman–Crippen LogP) is 4.79. The summed E-state index contributed by atoms with van der Waals surface area (Å²) >= 11 is 2.89. The van der Waals surface area contributed by atoms with Gasteiger partial charge in [-0.05, 0) is 63.1 Å². The number of thioether (sulfide) groups is 1. The number of rotatable bonds is 4. The molecule has 1 atom stereocenters. The normalized spacial score (nSPS) is 16.1. The number of nitrogens with one attached hydrogen (secondary N) is 1. The van der Waals surface area contributed by atoms with Crippen molar-refractivity contribution in [2.45, 2.75) is 33.7 Å². The quantitative estimate of drug-likeness (QED) is 0.630. The molecule has 1 fully saturated rings. The molecule has 1 N–H and O–H groups in total. The van der Waals surface area contributed by atoms with Crippen LogP contribution in [0.2, 0.25) is 0 Å². The second-order valence-corrected chi connectivity index (χ2v) is 9.42. The predicted molar refractivity (Wildman–Crippen MR) is 121 cm³/mol. The van der Waals surface area contributed by atoms with E-state index in [2.05, 4.69) is 10.3 Å². The number of benzene rings is 1. The zero-order valence-electron chi connectivity index (χ0n) is 17.3. The van der Waals surface area contributed by atoms with Crippen molar-refractivity contribution in [1.82, 2.24) is 9.88 Å². The van der Waals surface area contributed by atoms with E-state index in [9.17, 15) is 9.59 Å². The summed E-state index contributed by atoms with van der Waals surface area (Å²) in [6.45, 7) is 7.73. The van der Waals surface area contributed by atoms with Gasteiger partial charge in [0.2, 0.25) is 5.91 Å². The molecule has 4 rings (SSSR count). The van der Waals surface area contributed by atoms with Crippen molar-refractivity contribution >= 4 is 40.6 Å². The van der Waals surface area contributed by atoms with Crippen molar-refractivity contribution < 1.29 is 14.0 Å². The van der Waals surface area contributed by atoms with Gasteiger partial charge in [0.05, 0.1) is 11.6 Å². The summed E-state index contributed by atoms with van der Waals surface area (Å²) in [4.78, 5) is 32.9. The van der Waals surface area contributed by atoms with Crippen molar-refractivity contribution in [1.29, 1.82) is 0 Å². The number of anilines is 1. The number of amides is 2. The highest BCUT2D eigenvalue weighted by molar-refractivity contribution is 7.99. The number of aryl methyl sites for hydroxylation is 4. The molecule has 6 nitrogen and oxygen atoms in total. The average molecular weight is 442 g/mol. The first-order chi connectivity index (χ1) is 14.3. The minimum Gasteiger partial charge on any atom is -0.459 e. The lowest BCUT2D eigenvalue weighted by Crippen LogP contribution is -2.44. The van der Waals surface area contributed by atoms with Gasteiger partial charge in [0.25, 0.3) is 5.91 Å². The molecule has 0 bridgehead atoms. The number of aromatic nitrogens is 1. The average Bonchev–Trinajstić information content (AvgIpc) is 3.43. The number of nitrogens with zero attached hydrogens (tertiary/aromatic N) is 2. The number of hydrogen-bond acceptors (Lipinski definition) is 6. The van der Waals surface area contributed by atoms with Crippen LogP contribution in [-0.2, 0) is 4.79 Å². The molecular formula is C22H23N3O3S2. The summed E-state index contributed by atoms with van der Waals surface area (Å²) in [5.74, 6) is 2.18. The lowest BCUT2D eigenvalue weighted by molar-refractivity contribution is -0.119. The van der Waals surface area contributed by atoms with E-state index >= 15 is 0 Å². The van der Waals surface area contributed by atoms with Crippen LogP contribution in [0.15, 0.2) is 34.7 Å². The van der Waals surface area contributed by atoms with Gasteiger partial charge < -0.3 is 14.6 Å². The van der Waals surface area contributed by atoms with Crippen LogP contribution >= 0.6 is 23.1 Å². The van der Waals surface area contributed by atoms with Gasteiger partial charge in [-0.2, -0.15) is 0 Å². The second-order valence-electron chi connectivity index (χ2n) is 7.42. The number of carbonyl (C=O) groups excluding carboxylic acids is 2. The number of thiazole rings is 1. The van der Waals surface area contributed by atoms with Crippen LogP contribution in [0, 0.1) is 27.7 Å². The Hall–Kier alpha value is -2.58. The molecule has 3 aromatic rings. The van der Waals surface area contributed by atoms with Crippen LogP contribution < -0.4 is 5.32 Å². The fourth-order valence-electron chi connectivity index (χ4n) is 3.28. The number of hydrogen-bond donors (Lipinski definition) is 1. The van der Waals surface area contributed by atoms with E-state index in [0.29, 0.717) is 33.0 Å². The molecule has 0 radical (unpaired) electrons. The van der Waals surface area contributed by atoms with E-state index in [1.165, 1.54) is 16.9 Å². The maximum atomic E-state index is 13.3. The zero-order valence-corrected chi connectivity index (χ0v) is 18.9. The Morgan fingerprint density at radius 2 is 1.93 bits per heavy atom. The largest absolute Gasteiger partial charge is 0.459 e. The molecule has 30 heavy (non-hydrogen) atoms. The van der Waals surface area contributed by atoms with Gasteiger partial charge in [-0.3, -0.25) is 9.59 Å². The lowest BCUT2D eigenvalue weighted by Gasteiger charge is -2.22. The Morgan fingerprint density at radius 3 is 2.63 bits per heavy atom. The van der Waals surface area contributed by atoms with Crippen LogP contribution in [0.5, 0.6) is 0 Å². The molecule has 3 heterocycles. The smallest absolute Gasteiger partial charge is 0.267 e. The molecular weight excluding hydrogens is 418 g/mol. The highest BCUT2D eigenvalue weighted by Gasteiger charge is 2.36. The van der Waals surface area contributed by atoms with E-state index in [1.54, 1.807) is 16.7 Å². The Morgan fingerprint density at radius 1 is 1.13 bits per heavy atom. The molecule has 1 aliphatic rings. The van der Waals surface area contributed by atoms with E-state index in [0.717, 1.165) is 17.0 Å². The first kappa shape index (κ1) is 20.7. The van der Waals surface area contributed by atoms with Crippen molar-refractivity contribution in [3.63, 3.8) is 0 Å². The summed E-state index contributed by atoms with van der Waals surface area (Å²) in [7, 11) is 0. The summed E-state index contributed by atoms with van der Waals surface area (Å²) < 4.78 is 5.64. The van der Waals surface area contributed by atoms with E-state index in [1.807, 2.05) is 58.0 Å². The SMILES string of the molecule is Cc1ccc(-c2nc(C)c(C(=O)N3CSCC3C(=O)Nc3ccc(C)c(C)c3)s2)o1. The van der Waals surface area contributed by atoms with Gasteiger partial charge in [0, 0.05) is 11.4 Å². The highest BCUT2D eigenvalue weighted by Crippen LogP contribution is 2.32. The van der Waals surface area contributed by atoms with Crippen LogP contribution in [0.4, 0.5) is 5.69 Å². The maximum Gasteiger partial charge on any atom is 0.267 e. The topological polar surface area (TPSA) is 75.4 Å². The van der Waals surface area contributed by atoms with Crippen LogP contribution in [-0.4, -0.2) is 39.4 Å².